The van der Waals surface area contributed by atoms with Crippen LogP contribution in [0.5, 0.6) is 17.2 Å². The van der Waals surface area contributed by atoms with Crippen molar-refractivity contribution in [2.24, 2.45) is 5.92 Å². The molecule has 1 spiro atoms. The number of carbonyl (C=O) groups is 3. The molecule has 7 heteroatoms. The minimum atomic E-state index is -1.76. The highest BCUT2D eigenvalue weighted by Gasteiger charge is 2.61. The molecule has 1 aromatic rings. The van der Waals surface area contributed by atoms with E-state index in [1.807, 2.05) is 0 Å². The Hall–Kier alpha value is -2.08. The average molecular weight is 325 g/mol. The molecular weight excluding hydrogens is 312 g/mol. The Bertz CT molecular complexity index is 725. The van der Waals surface area contributed by atoms with Gasteiger partial charge in [0, 0.05) is 18.4 Å². The number of ether oxygens (including phenoxy) is 2. The van der Waals surface area contributed by atoms with Crippen LogP contribution in [0, 0.1) is 5.92 Å². The Morgan fingerprint density at radius 3 is 2.68 bits per heavy atom. The van der Waals surface area contributed by atoms with E-state index in [9.17, 15) is 19.5 Å². The molecule has 6 nitrogen and oxygen atoms in total. The summed E-state index contributed by atoms with van der Waals surface area (Å²) in [4.78, 5) is 36.8. The second-order valence-electron chi connectivity index (χ2n) is 5.53. The molecule has 0 unspecified atom stereocenters. The van der Waals surface area contributed by atoms with Crippen molar-refractivity contribution in [2.45, 2.75) is 25.4 Å². The van der Waals surface area contributed by atoms with E-state index in [1.54, 1.807) is 6.92 Å². The van der Waals surface area contributed by atoms with Crippen molar-refractivity contribution < 1.29 is 29.0 Å². The number of Topliss-reactive ketones (excluding diaryl/α,β-unsaturated/α-hetero) is 3. The van der Waals surface area contributed by atoms with Crippen LogP contribution in [0.2, 0.25) is 5.02 Å². The average Bonchev–Trinajstić information content (AvgIpc) is 2.76. The minimum absolute atomic E-state index is 0.0276. The molecule has 1 fully saturated rings. The number of fused-ring (bicyclic) bond motifs is 1. The molecule has 1 aliphatic heterocycles. The first-order chi connectivity index (χ1) is 10.3. The van der Waals surface area contributed by atoms with Crippen molar-refractivity contribution in [3.63, 3.8) is 0 Å². The van der Waals surface area contributed by atoms with Crippen molar-refractivity contribution in [3.05, 3.63) is 16.7 Å². The summed E-state index contributed by atoms with van der Waals surface area (Å²) in [5, 5.41) is 9.65. The molecule has 1 saturated carbocycles. The van der Waals surface area contributed by atoms with Gasteiger partial charge in [0.05, 0.1) is 13.5 Å². The number of hydrogen-bond donors (Lipinski definition) is 1. The lowest BCUT2D eigenvalue weighted by Gasteiger charge is -2.34. The van der Waals surface area contributed by atoms with E-state index < -0.39 is 23.1 Å². The van der Waals surface area contributed by atoms with E-state index in [0.717, 1.165) is 0 Å². The number of methoxy groups -OCH3 is 1. The summed E-state index contributed by atoms with van der Waals surface area (Å²) >= 11 is 6.00. The van der Waals surface area contributed by atoms with E-state index in [0.29, 0.717) is 0 Å². The van der Waals surface area contributed by atoms with E-state index in [4.69, 9.17) is 21.1 Å². The number of ketones is 3. The molecule has 1 N–H and O–H groups in total. The Morgan fingerprint density at radius 2 is 2.09 bits per heavy atom. The number of phenolic OH excluding ortho intramolecular Hbond substituents is 1. The number of rotatable bonds is 1. The van der Waals surface area contributed by atoms with Crippen molar-refractivity contribution in [3.8, 4) is 17.2 Å². The first-order valence-electron chi connectivity index (χ1n) is 6.71. The molecule has 2 aliphatic rings. The van der Waals surface area contributed by atoms with Gasteiger partial charge in [0.25, 0.3) is 0 Å². The summed E-state index contributed by atoms with van der Waals surface area (Å²) < 4.78 is 10.7. The molecule has 0 amide bonds. The molecule has 1 aromatic carbocycles. The van der Waals surface area contributed by atoms with Crippen molar-refractivity contribution in [2.75, 3.05) is 7.11 Å². The Labute approximate surface area is 131 Å². The van der Waals surface area contributed by atoms with E-state index >= 15 is 0 Å². The monoisotopic (exact) mass is 324 g/mol. The van der Waals surface area contributed by atoms with Gasteiger partial charge >= 0.3 is 0 Å². The van der Waals surface area contributed by atoms with Crippen molar-refractivity contribution >= 4 is 29.0 Å². The third-order valence-corrected chi connectivity index (χ3v) is 4.58. The lowest BCUT2D eigenvalue weighted by atomic mass is 9.72. The first-order valence-corrected chi connectivity index (χ1v) is 7.09. The lowest BCUT2D eigenvalue weighted by Crippen LogP contribution is -2.57. The molecule has 1 heterocycles. The summed E-state index contributed by atoms with van der Waals surface area (Å²) in [5.41, 5.74) is -1.74. The summed E-state index contributed by atoms with van der Waals surface area (Å²) in [7, 11) is 1.33. The Balaban J connectivity index is 2.21. The minimum Gasteiger partial charge on any atom is -0.506 e. The second kappa shape index (κ2) is 4.71. The van der Waals surface area contributed by atoms with Crippen molar-refractivity contribution in [1.29, 1.82) is 0 Å². The summed E-state index contributed by atoms with van der Waals surface area (Å²) in [6.07, 6.45) is -0.284. The number of carbonyl (C=O) groups excluding carboxylic acids is 3. The zero-order valence-electron chi connectivity index (χ0n) is 11.9. The summed E-state index contributed by atoms with van der Waals surface area (Å²) in [5.74, 6) is -2.32. The van der Waals surface area contributed by atoms with Gasteiger partial charge in [-0.05, 0) is 0 Å². The number of halogens is 1. The SMILES string of the molecule is COc1cc(O)c(Cl)c2c1C(=O)[C@@]1(O2)C(=O)CC(=O)C[C@H]1C. The molecule has 0 radical (unpaired) electrons. The van der Waals surface area contributed by atoms with Crippen LogP contribution in [0.1, 0.15) is 30.1 Å². The highest BCUT2D eigenvalue weighted by molar-refractivity contribution is 6.36. The first kappa shape index (κ1) is 14.8. The van der Waals surface area contributed by atoms with Crippen LogP contribution in [0.4, 0.5) is 0 Å². The maximum atomic E-state index is 12.9. The topological polar surface area (TPSA) is 89.9 Å². The zero-order valence-corrected chi connectivity index (χ0v) is 12.7. The smallest absolute Gasteiger partial charge is 0.232 e. The maximum absolute atomic E-state index is 12.9. The molecule has 0 bridgehead atoms. The third kappa shape index (κ3) is 1.70. The maximum Gasteiger partial charge on any atom is 0.232 e. The van der Waals surface area contributed by atoms with Crippen LogP contribution in [0.25, 0.3) is 0 Å². The Kier molecular flexibility index (Phi) is 3.18. The molecule has 2 atom stereocenters. The van der Waals surface area contributed by atoms with Crippen LogP contribution in [0.15, 0.2) is 6.07 Å². The van der Waals surface area contributed by atoms with Gasteiger partial charge in [-0.2, -0.15) is 0 Å². The van der Waals surface area contributed by atoms with Crippen LogP contribution in [-0.2, 0) is 9.59 Å². The van der Waals surface area contributed by atoms with E-state index in [2.05, 4.69) is 0 Å². The summed E-state index contributed by atoms with van der Waals surface area (Å²) in [6, 6.07) is 1.20. The fourth-order valence-corrected chi connectivity index (χ4v) is 3.30. The van der Waals surface area contributed by atoms with E-state index in [-0.39, 0.29) is 46.5 Å². The lowest BCUT2D eigenvalue weighted by molar-refractivity contribution is -0.143. The third-order valence-electron chi connectivity index (χ3n) is 4.21. The Morgan fingerprint density at radius 1 is 1.41 bits per heavy atom. The second-order valence-corrected chi connectivity index (χ2v) is 5.90. The van der Waals surface area contributed by atoms with Gasteiger partial charge in [0.1, 0.15) is 27.9 Å². The zero-order chi connectivity index (χ0) is 16.2. The molecular formula is C15H13ClO6. The number of phenols is 1. The van der Waals surface area contributed by atoms with Gasteiger partial charge in [-0.25, -0.2) is 0 Å². The van der Waals surface area contributed by atoms with Gasteiger partial charge < -0.3 is 14.6 Å². The molecule has 0 saturated heterocycles. The normalized spacial score (nSPS) is 27.0. The van der Waals surface area contributed by atoms with Crippen LogP contribution in [0.3, 0.4) is 0 Å². The molecule has 0 aromatic heterocycles. The molecule has 1 aliphatic carbocycles. The largest absolute Gasteiger partial charge is 0.506 e. The van der Waals surface area contributed by atoms with Gasteiger partial charge in [-0.15, -0.1) is 0 Å². The molecule has 116 valence electrons. The number of aromatic hydroxyl groups is 1. The standard InChI is InChI=1S/C15H13ClO6/c1-6-3-7(17)4-10(19)15(6)14(20)11-9(21-2)5-8(18)12(16)13(11)22-15/h5-6,18H,3-4H2,1-2H3/t6-,15+/m1/s1. The molecule has 3 rings (SSSR count). The molecule has 22 heavy (non-hydrogen) atoms. The highest BCUT2D eigenvalue weighted by atomic mass is 35.5. The van der Waals surface area contributed by atoms with Crippen LogP contribution in [-0.4, -0.2) is 35.2 Å². The van der Waals surface area contributed by atoms with Gasteiger partial charge in [0.15, 0.2) is 11.5 Å². The number of benzene rings is 1. The van der Waals surface area contributed by atoms with Crippen LogP contribution < -0.4 is 9.47 Å². The number of hydrogen-bond acceptors (Lipinski definition) is 6. The van der Waals surface area contributed by atoms with Gasteiger partial charge in [0.2, 0.25) is 11.4 Å². The predicted molar refractivity (Wildman–Crippen MR) is 75.8 cm³/mol. The fourth-order valence-electron chi connectivity index (χ4n) is 3.11. The van der Waals surface area contributed by atoms with E-state index in [1.165, 1.54) is 13.2 Å². The quantitative estimate of drug-likeness (QED) is 0.794. The van der Waals surface area contributed by atoms with Gasteiger partial charge in [-0.3, -0.25) is 14.4 Å². The van der Waals surface area contributed by atoms with Gasteiger partial charge in [-0.1, -0.05) is 18.5 Å². The van der Waals surface area contributed by atoms with Crippen LogP contribution >= 0.6 is 11.6 Å². The van der Waals surface area contributed by atoms with Crippen molar-refractivity contribution in [1.82, 2.24) is 0 Å². The fraction of sp³-hybridized carbons (Fsp3) is 0.400. The highest BCUT2D eigenvalue weighted by Crippen LogP contribution is 2.52. The predicted octanol–water partition coefficient (Wildman–Crippen LogP) is 1.94. The summed E-state index contributed by atoms with van der Waals surface area (Å²) in [6.45, 7) is 1.61.